The third-order valence-corrected chi connectivity index (χ3v) is 6.37. The largest absolute Gasteiger partial charge is 0.463 e. The van der Waals surface area contributed by atoms with Gasteiger partial charge in [-0.3, -0.25) is 0 Å². The van der Waals surface area contributed by atoms with Crippen molar-refractivity contribution in [3.05, 3.63) is 65.2 Å². The molecule has 0 bridgehead atoms. The van der Waals surface area contributed by atoms with Gasteiger partial charge >= 0.3 is 0 Å². The lowest BCUT2D eigenvalue weighted by Crippen LogP contribution is -2.59. The Balaban J connectivity index is 1.85. The van der Waals surface area contributed by atoms with Gasteiger partial charge in [0.25, 0.3) is 0 Å². The van der Waals surface area contributed by atoms with Gasteiger partial charge in [-0.1, -0.05) is 46.7 Å². The summed E-state index contributed by atoms with van der Waals surface area (Å²) < 4.78 is 7.88. The van der Waals surface area contributed by atoms with E-state index in [1.807, 2.05) is 18.2 Å². The van der Waals surface area contributed by atoms with Crippen LogP contribution in [0.1, 0.15) is 37.0 Å². The molecule has 2 aromatic rings. The molecule has 4 rings (SSSR count). The Labute approximate surface area is 169 Å². The first-order valence-corrected chi connectivity index (χ1v) is 10.5. The number of terminal acetylenes is 1. The Kier molecular flexibility index (Phi) is 4.27. The number of fused-ring (bicyclic) bond motifs is 2. The monoisotopic (exact) mass is 455 g/mol. The summed E-state index contributed by atoms with van der Waals surface area (Å²) in [5.74, 6) is 3.60. The zero-order valence-corrected chi connectivity index (χ0v) is 17.3. The smallest absolute Gasteiger partial charge is 0.212 e. The van der Waals surface area contributed by atoms with Crippen molar-refractivity contribution in [3.63, 3.8) is 0 Å². The van der Waals surface area contributed by atoms with Crippen LogP contribution in [0.2, 0.25) is 0 Å². The van der Waals surface area contributed by atoms with Crippen molar-refractivity contribution in [2.24, 2.45) is 0 Å². The van der Waals surface area contributed by atoms with Gasteiger partial charge in [0.2, 0.25) is 5.72 Å². The third kappa shape index (κ3) is 2.39. The number of rotatable bonds is 3. The van der Waals surface area contributed by atoms with E-state index in [0.717, 1.165) is 34.3 Å². The summed E-state index contributed by atoms with van der Waals surface area (Å²) in [6.07, 6.45) is 11.1. The molecule has 1 atom stereocenters. The Hall–Kier alpha value is -1.93. The molecule has 0 fully saturated rings. The van der Waals surface area contributed by atoms with Crippen LogP contribution in [0.3, 0.4) is 0 Å². The lowest BCUT2D eigenvalue weighted by molar-refractivity contribution is 0.0536. The molecule has 2 heterocycles. The number of para-hydroxylation sites is 1. The molecule has 132 valence electrons. The van der Waals surface area contributed by atoms with Gasteiger partial charge in [0, 0.05) is 27.8 Å². The lowest BCUT2D eigenvalue weighted by atomic mass is 9.76. The fraction of sp³-hybridized carbons (Fsp3) is 0.304. The Morgan fingerprint density at radius 3 is 2.77 bits per heavy atom. The van der Waals surface area contributed by atoms with E-state index >= 15 is 0 Å². The maximum Gasteiger partial charge on any atom is 0.212 e. The number of anilines is 1. The van der Waals surface area contributed by atoms with Gasteiger partial charge in [0.15, 0.2) is 0 Å². The maximum atomic E-state index is 6.76. The van der Waals surface area contributed by atoms with Crippen LogP contribution in [0.5, 0.6) is 5.75 Å². The molecule has 0 N–H and O–H groups in total. The van der Waals surface area contributed by atoms with Crippen molar-refractivity contribution >= 4 is 34.4 Å². The van der Waals surface area contributed by atoms with Gasteiger partial charge in [0.1, 0.15) is 5.75 Å². The van der Waals surface area contributed by atoms with Crippen LogP contribution in [0.15, 0.2) is 48.5 Å². The first-order chi connectivity index (χ1) is 12.5. The minimum atomic E-state index is -0.521. The minimum absolute atomic E-state index is 0.173. The first kappa shape index (κ1) is 17.5. The molecule has 0 radical (unpaired) electrons. The number of ether oxygens (including phenoxy) is 1. The first-order valence-electron chi connectivity index (χ1n) is 8.95. The van der Waals surface area contributed by atoms with E-state index in [0.29, 0.717) is 0 Å². The Bertz CT molecular complexity index is 924. The zero-order valence-electron chi connectivity index (χ0n) is 15.1. The molecule has 0 amide bonds. The van der Waals surface area contributed by atoms with Crippen LogP contribution >= 0.6 is 22.6 Å². The van der Waals surface area contributed by atoms with Crippen LogP contribution in [0.4, 0.5) is 5.69 Å². The molecule has 3 heteroatoms. The van der Waals surface area contributed by atoms with Crippen molar-refractivity contribution < 1.29 is 4.74 Å². The quantitative estimate of drug-likeness (QED) is 0.350. The van der Waals surface area contributed by atoms with Crippen LogP contribution in [0, 0.1) is 12.3 Å². The highest BCUT2D eigenvalue weighted by atomic mass is 127. The third-order valence-electron chi connectivity index (χ3n) is 5.61. The summed E-state index contributed by atoms with van der Waals surface area (Å²) >= 11 is 2.45. The van der Waals surface area contributed by atoms with Crippen molar-refractivity contribution in [1.82, 2.24) is 0 Å². The number of hydrogen-bond donors (Lipinski definition) is 0. The molecule has 1 spiro atoms. The second-order valence-corrected chi connectivity index (χ2v) is 8.44. The summed E-state index contributed by atoms with van der Waals surface area (Å²) in [6.45, 7) is 5.52. The van der Waals surface area contributed by atoms with Crippen LogP contribution in [-0.2, 0) is 5.41 Å². The summed E-state index contributed by atoms with van der Waals surface area (Å²) in [4.78, 5) is 2.44. The number of nitrogens with zero attached hydrogens (tertiary/aromatic N) is 1. The molecule has 0 saturated heterocycles. The Morgan fingerprint density at radius 2 is 2.00 bits per heavy atom. The van der Waals surface area contributed by atoms with E-state index in [-0.39, 0.29) is 5.41 Å². The van der Waals surface area contributed by atoms with Gasteiger partial charge in [0.05, 0.1) is 5.41 Å². The standard InChI is InChI=1S/C23H22INO/c1-4-17-10-11-21-18(16-17)12-13-23(26-21)22(2,3)19-8-5-6-9-20(19)25(23)15-7-14-24/h1,5-6,8-13,16H,7,14-15H2,2-3H3. The summed E-state index contributed by atoms with van der Waals surface area (Å²) in [5.41, 5.74) is 3.84. The van der Waals surface area contributed by atoms with E-state index < -0.39 is 5.72 Å². The average Bonchev–Trinajstić information content (AvgIpc) is 2.84. The molecule has 26 heavy (non-hydrogen) atoms. The molecule has 2 aliphatic rings. The van der Waals surface area contributed by atoms with Crippen LogP contribution in [-0.4, -0.2) is 16.7 Å². The maximum absolute atomic E-state index is 6.76. The number of hydrogen-bond acceptors (Lipinski definition) is 2. The SMILES string of the molecule is C#Cc1ccc2c(c1)C=CC1(O2)N(CCCI)c2ccccc2C1(C)C. The molecular weight excluding hydrogens is 433 g/mol. The number of alkyl halides is 1. The summed E-state index contributed by atoms with van der Waals surface area (Å²) in [6, 6.07) is 14.7. The van der Waals surface area contributed by atoms with E-state index in [1.54, 1.807) is 0 Å². The van der Waals surface area contributed by atoms with Gasteiger partial charge in [-0.2, -0.15) is 0 Å². The number of halogens is 1. The molecule has 2 nitrogen and oxygen atoms in total. The second-order valence-electron chi connectivity index (χ2n) is 7.37. The fourth-order valence-corrected chi connectivity index (χ4v) is 4.54. The van der Waals surface area contributed by atoms with Gasteiger partial charge < -0.3 is 9.64 Å². The topological polar surface area (TPSA) is 12.5 Å². The average molecular weight is 455 g/mol. The predicted octanol–water partition coefficient (Wildman–Crippen LogP) is 5.39. The normalized spacial score (nSPS) is 21.8. The summed E-state index contributed by atoms with van der Waals surface area (Å²) in [7, 11) is 0. The van der Waals surface area contributed by atoms with Gasteiger partial charge in [-0.25, -0.2) is 0 Å². The molecule has 2 aliphatic heterocycles. The molecule has 1 unspecified atom stereocenters. The summed E-state index contributed by atoms with van der Waals surface area (Å²) in [5, 5.41) is 0. The predicted molar refractivity (Wildman–Crippen MR) is 117 cm³/mol. The zero-order chi connectivity index (χ0) is 18.4. The van der Waals surface area contributed by atoms with Crippen molar-refractivity contribution in [2.75, 3.05) is 15.9 Å². The highest BCUT2D eigenvalue weighted by Gasteiger charge is 2.58. The van der Waals surface area contributed by atoms with E-state index in [4.69, 9.17) is 11.2 Å². The highest BCUT2D eigenvalue weighted by Crippen LogP contribution is 2.54. The van der Waals surface area contributed by atoms with Crippen molar-refractivity contribution in [3.8, 4) is 18.1 Å². The van der Waals surface area contributed by atoms with Crippen LogP contribution in [0.25, 0.3) is 6.08 Å². The molecule has 0 aromatic heterocycles. The van der Waals surface area contributed by atoms with E-state index in [1.165, 1.54) is 11.3 Å². The van der Waals surface area contributed by atoms with Crippen LogP contribution < -0.4 is 9.64 Å². The van der Waals surface area contributed by atoms with Crippen molar-refractivity contribution in [2.45, 2.75) is 31.4 Å². The van der Waals surface area contributed by atoms with E-state index in [9.17, 15) is 0 Å². The fourth-order valence-electron chi connectivity index (χ4n) is 4.20. The Morgan fingerprint density at radius 1 is 1.19 bits per heavy atom. The van der Waals surface area contributed by atoms with Crippen molar-refractivity contribution in [1.29, 1.82) is 0 Å². The molecule has 0 saturated carbocycles. The highest BCUT2D eigenvalue weighted by molar-refractivity contribution is 14.1. The minimum Gasteiger partial charge on any atom is -0.463 e. The number of benzene rings is 2. The van der Waals surface area contributed by atoms with E-state index in [2.05, 4.69) is 83.7 Å². The molecular formula is C23H22INO. The lowest BCUT2D eigenvalue weighted by Gasteiger charge is -2.47. The van der Waals surface area contributed by atoms with Gasteiger partial charge in [-0.05, 0) is 62.2 Å². The molecule has 2 aromatic carbocycles. The molecule has 0 aliphatic carbocycles. The second kappa shape index (κ2) is 6.35. The van der Waals surface area contributed by atoms with Gasteiger partial charge in [-0.15, -0.1) is 6.42 Å².